The monoisotopic (exact) mass is 310 g/mol. The van der Waals surface area contributed by atoms with Crippen LogP contribution in [0.25, 0.3) is 10.7 Å². The highest BCUT2D eigenvalue weighted by molar-refractivity contribution is 7.71. The molecule has 2 aromatic rings. The molecule has 0 aliphatic carbocycles. The van der Waals surface area contributed by atoms with Crippen molar-refractivity contribution in [3.05, 3.63) is 15.5 Å². The van der Waals surface area contributed by atoms with Gasteiger partial charge in [0.1, 0.15) is 0 Å². The van der Waals surface area contributed by atoms with Gasteiger partial charge in [-0.25, -0.2) is 4.98 Å². The van der Waals surface area contributed by atoms with Gasteiger partial charge in [0.05, 0.1) is 15.6 Å². The van der Waals surface area contributed by atoms with Gasteiger partial charge in [0.25, 0.3) is 0 Å². The Morgan fingerprint density at radius 1 is 1.35 bits per heavy atom. The van der Waals surface area contributed by atoms with Gasteiger partial charge in [-0.1, -0.05) is 27.7 Å². The van der Waals surface area contributed by atoms with Gasteiger partial charge in [-0.2, -0.15) is 5.10 Å². The molecule has 2 aromatic heterocycles. The molecule has 0 aliphatic heterocycles. The first kappa shape index (κ1) is 15.4. The Hall–Kier alpha value is -1.01. The van der Waals surface area contributed by atoms with Crippen molar-refractivity contribution >= 4 is 23.6 Å². The molecule has 0 saturated heterocycles. The summed E-state index contributed by atoms with van der Waals surface area (Å²) < 4.78 is 2.73. The van der Waals surface area contributed by atoms with Crippen LogP contribution in [-0.4, -0.2) is 19.7 Å². The molecule has 0 bridgehead atoms. The number of nitrogens with one attached hydrogen (secondary N) is 1. The second-order valence-electron chi connectivity index (χ2n) is 6.21. The maximum atomic E-state index is 5.35. The van der Waals surface area contributed by atoms with Crippen molar-refractivity contribution in [1.82, 2.24) is 19.7 Å². The Bertz CT molecular complexity index is 656. The number of hydrogen-bond acceptors (Lipinski definition) is 4. The summed E-state index contributed by atoms with van der Waals surface area (Å²) in [6, 6.07) is 0.274. The van der Waals surface area contributed by atoms with Crippen LogP contribution < -0.4 is 0 Å². The number of aryl methyl sites for hydroxylation is 1. The summed E-state index contributed by atoms with van der Waals surface area (Å²) >= 11 is 7.07. The van der Waals surface area contributed by atoms with Gasteiger partial charge < -0.3 is 0 Å². The Balaban J connectivity index is 2.70. The zero-order chi connectivity index (χ0) is 15.1. The molecular weight excluding hydrogens is 288 g/mol. The lowest BCUT2D eigenvalue weighted by molar-refractivity contribution is 0.567. The van der Waals surface area contributed by atoms with Gasteiger partial charge in [0, 0.05) is 11.5 Å². The smallest absolute Gasteiger partial charge is 0.195 e. The van der Waals surface area contributed by atoms with E-state index in [1.807, 2.05) is 0 Å². The van der Waals surface area contributed by atoms with E-state index in [2.05, 4.69) is 56.3 Å². The molecular formula is C14H22N4S2. The van der Waals surface area contributed by atoms with E-state index < -0.39 is 0 Å². The van der Waals surface area contributed by atoms with Crippen LogP contribution in [0, 0.1) is 4.77 Å². The predicted octanol–water partition coefficient (Wildman–Crippen LogP) is 4.50. The molecule has 110 valence electrons. The lowest BCUT2D eigenvalue weighted by Gasteiger charge is -2.18. The normalized spacial score (nSPS) is 12.3. The summed E-state index contributed by atoms with van der Waals surface area (Å²) in [6.45, 7) is 12.9. The molecule has 2 rings (SSSR count). The van der Waals surface area contributed by atoms with Crippen LogP contribution in [0.15, 0.2) is 0 Å². The molecule has 4 nitrogen and oxygen atoms in total. The third kappa shape index (κ3) is 2.72. The maximum Gasteiger partial charge on any atom is 0.195 e. The number of thiazole rings is 1. The lowest BCUT2D eigenvalue weighted by atomic mass is 9.91. The minimum atomic E-state index is -0.00533. The SMILES string of the molecule is CCc1nc(C(C)(C)C)c(-c2n[nH]c(=S)n2C(C)C)s1. The molecule has 0 aromatic carbocycles. The van der Waals surface area contributed by atoms with Crippen molar-refractivity contribution in [3.8, 4) is 10.7 Å². The van der Waals surface area contributed by atoms with Crippen molar-refractivity contribution < 1.29 is 0 Å². The quantitative estimate of drug-likeness (QED) is 0.849. The van der Waals surface area contributed by atoms with E-state index in [0.717, 1.165) is 27.8 Å². The Morgan fingerprint density at radius 2 is 2.00 bits per heavy atom. The van der Waals surface area contributed by atoms with Crippen LogP contribution >= 0.6 is 23.6 Å². The van der Waals surface area contributed by atoms with Gasteiger partial charge in [-0.15, -0.1) is 11.3 Å². The van der Waals surface area contributed by atoms with Crippen LogP contribution in [0.4, 0.5) is 0 Å². The number of nitrogens with zero attached hydrogens (tertiary/aromatic N) is 3. The van der Waals surface area contributed by atoms with E-state index in [9.17, 15) is 0 Å². The summed E-state index contributed by atoms with van der Waals surface area (Å²) in [5.74, 6) is 0.909. The van der Waals surface area contributed by atoms with Crippen LogP contribution in [0.5, 0.6) is 0 Å². The highest BCUT2D eigenvalue weighted by Crippen LogP contribution is 2.37. The number of hydrogen-bond donors (Lipinski definition) is 1. The largest absolute Gasteiger partial charge is 0.297 e. The predicted molar refractivity (Wildman–Crippen MR) is 87.0 cm³/mol. The van der Waals surface area contributed by atoms with Gasteiger partial charge >= 0.3 is 0 Å². The first-order chi connectivity index (χ1) is 9.25. The highest BCUT2D eigenvalue weighted by atomic mass is 32.1. The third-order valence-electron chi connectivity index (χ3n) is 3.11. The summed E-state index contributed by atoms with van der Waals surface area (Å²) in [5.41, 5.74) is 1.10. The van der Waals surface area contributed by atoms with E-state index >= 15 is 0 Å². The Kier molecular flexibility index (Phi) is 4.16. The topological polar surface area (TPSA) is 46.5 Å². The summed E-state index contributed by atoms with van der Waals surface area (Å²) in [5, 5.41) is 8.51. The zero-order valence-corrected chi connectivity index (χ0v) is 14.6. The lowest BCUT2D eigenvalue weighted by Crippen LogP contribution is -2.14. The summed E-state index contributed by atoms with van der Waals surface area (Å²) in [7, 11) is 0. The minimum Gasteiger partial charge on any atom is -0.297 e. The minimum absolute atomic E-state index is 0.00533. The van der Waals surface area contributed by atoms with Crippen molar-refractivity contribution in [2.75, 3.05) is 0 Å². The molecule has 0 amide bonds. The first-order valence-corrected chi connectivity index (χ1v) is 8.15. The molecule has 20 heavy (non-hydrogen) atoms. The Labute approximate surface area is 129 Å². The van der Waals surface area contributed by atoms with Gasteiger partial charge in [-0.05, 0) is 32.5 Å². The Morgan fingerprint density at radius 3 is 2.50 bits per heavy atom. The van der Waals surface area contributed by atoms with Crippen molar-refractivity contribution in [2.45, 2.75) is 59.4 Å². The van der Waals surface area contributed by atoms with E-state index in [1.165, 1.54) is 0 Å². The van der Waals surface area contributed by atoms with E-state index in [1.54, 1.807) is 11.3 Å². The molecule has 6 heteroatoms. The fraction of sp³-hybridized carbons (Fsp3) is 0.643. The number of H-pyrrole nitrogens is 1. The van der Waals surface area contributed by atoms with Gasteiger partial charge in [0.15, 0.2) is 10.6 Å². The van der Waals surface area contributed by atoms with Crippen molar-refractivity contribution in [2.24, 2.45) is 0 Å². The first-order valence-electron chi connectivity index (χ1n) is 6.93. The number of aromatic amines is 1. The van der Waals surface area contributed by atoms with Crippen molar-refractivity contribution in [1.29, 1.82) is 0 Å². The third-order valence-corrected chi connectivity index (χ3v) is 4.59. The molecule has 1 N–H and O–H groups in total. The van der Waals surface area contributed by atoms with Gasteiger partial charge in [-0.3, -0.25) is 9.67 Å². The van der Waals surface area contributed by atoms with Crippen LogP contribution in [-0.2, 0) is 11.8 Å². The van der Waals surface area contributed by atoms with Crippen LogP contribution in [0.3, 0.4) is 0 Å². The molecule has 0 radical (unpaired) electrons. The second kappa shape index (κ2) is 5.41. The summed E-state index contributed by atoms with van der Waals surface area (Å²) in [4.78, 5) is 5.94. The fourth-order valence-electron chi connectivity index (χ4n) is 2.12. The molecule has 0 unspecified atom stereocenters. The van der Waals surface area contributed by atoms with Gasteiger partial charge in [0.2, 0.25) is 0 Å². The standard InChI is InChI=1S/C14H22N4S2/c1-7-9-15-11(14(4,5)6)10(20-9)12-16-17-13(19)18(12)8(2)3/h8H,7H2,1-6H3,(H,17,19). The van der Waals surface area contributed by atoms with Crippen LogP contribution in [0.2, 0.25) is 0 Å². The number of aromatic nitrogens is 4. The second-order valence-corrected chi connectivity index (χ2v) is 7.68. The number of rotatable bonds is 3. The average Bonchev–Trinajstić information content (AvgIpc) is 2.90. The molecule has 0 spiro atoms. The molecule has 2 heterocycles. The molecule has 0 fully saturated rings. The highest BCUT2D eigenvalue weighted by Gasteiger charge is 2.27. The van der Waals surface area contributed by atoms with E-state index in [-0.39, 0.29) is 11.5 Å². The molecule has 0 saturated carbocycles. The van der Waals surface area contributed by atoms with E-state index in [0.29, 0.717) is 4.77 Å². The molecule has 0 atom stereocenters. The van der Waals surface area contributed by atoms with Crippen LogP contribution in [0.1, 0.15) is 58.3 Å². The zero-order valence-electron chi connectivity index (χ0n) is 12.9. The summed E-state index contributed by atoms with van der Waals surface area (Å²) in [6.07, 6.45) is 0.945. The average molecular weight is 310 g/mol. The maximum absolute atomic E-state index is 5.35. The fourth-order valence-corrected chi connectivity index (χ4v) is 3.66. The van der Waals surface area contributed by atoms with Crippen molar-refractivity contribution in [3.63, 3.8) is 0 Å². The van der Waals surface area contributed by atoms with E-state index in [4.69, 9.17) is 17.2 Å². The molecule has 0 aliphatic rings.